The maximum atomic E-state index is 13.8. The zero-order chi connectivity index (χ0) is 24.6. The number of benzene rings is 1. The van der Waals surface area contributed by atoms with Crippen molar-refractivity contribution in [2.45, 2.75) is 13.3 Å². The van der Waals surface area contributed by atoms with Gasteiger partial charge in [0.05, 0.1) is 23.1 Å². The van der Waals surface area contributed by atoms with Crippen molar-refractivity contribution in [1.29, 1.82) is 0 Å². The average molecular weight is 478 g/mol. The quantitative estimate of drug-likeness (QED) is 0.316. The monoisotopic (exact) mass is 478 g/mol. The smallest absolute Gasteiger partial charge is 0.224 e. The third-order valence-electron chi connectivity index (χ3n) is 5.79. The van der Waals surface area contributed by atoms with Crippen LogP contribution in [0.1, 0.15) is 13.3 Å². The zero-order valence-corrected chi connectivity index (χ0v) is 19.1. The van der Waals surface area contributed by atoms with Crippen molar-refractivity contribution >= 4 is 33.8 Å². The molecule has 1 aromatic carbocycles. The normalized spacial score (nSPS) is 11.3. The molecule has 1 amide bonds. The predicted molar refractivity (Wildman–Crippen MR) is 134 cm³/mol. The highest BCUT2D eigenvalue weighted by Crippen LogP contribution is 2.31. The van der Waals surface area contributed by atoms with Crippen molar-refractivity contribution in [1.82, 2.24) is 35.1 Å². The van der Waals surface area contributed by atoms with Crippen molar-refractivity contribution < 1.29 is 9.18 Å². The molecule has 0 unspecified atom stereocenters. The van der Waals surface area contributed by atoms with Gasteiger partial charge in [-0.25, -0.2) is 19.3 Å². The highest BCUT2D eigenvalue weighted by Gasteiger charge is 2.18. The van der Waals surface area contributed by atoms with Gasteiger partial charge in [-0.05, 0) is 42.0 Å². The molecule has 6 rings (SSSR count). The van der Waals surface area contributed by atoms with Crippen LogP contribution >= 0.6 is 0 Å². The summed E-state index contributed by atoms with van der Waals surface area (Å²) in [5.41, 5.74) is 6.51. The Bertz CT molecular complexity index is 1760. The molecule has 176 valence electrons. The average Bonchev–Trinajstić information content (AvgIpc) is 3.52. The second-order valence-corrected chi connectivity index (χ2v) is 8.18. The fourth-order valence-corrected chi connectivity index (χ4v) is 4.03. The number of amides is 1. The molecule has 0 aliphatic carbocycles. The Labute approximate surface area is 203 Å². The van der Waals surface area contributed by atoms with Gasteiger partial charge in [0.25, 0.3) is 0 Å². The van der Waals surface area contributed by atoms with Gasteiger partial charge in [-0.1, -0.05) is 19.1 Å². The molecule has 3 N–H and O–H groups in total. The molecule has 5 aromatic heterocycles. The van der Waals surface area contributed by atoms with Crippen molar-refractivity contribution in [3.8, 4) is 33.9 Å². The van der Waals surface area contributed by atoms with Crippen LogP contribution in [0.5, 0.6) is 0 Å². The van der Waals surface area contributed by atoms with Crippen molar-refractivity contribution in [3.63, 3.8) is 0 Å². The topological polar surface area (TPSA) is 125 Å². The zero-order valence-electron chi connectivity index (χ0n) is 19.1. The largest absolute Gasteiger partial charge is 0.325 e. The summed E-state index contributed by atoms with van der Waals surface area (Å²) in [5, 5.41) is 10.2. The second kappa shape index (κ2) is 8.66. The van der Waals surface area contributed by atoms with Crippen LogP contribution in [-0.4, -0.2) is 41.0 Å². The molecule has 36 heavy (non-hydrogen) atoms. The molecule has 0 atom stereocenters. The molecule has 9 nitrogen and oxygen atoms in total. The van der Waals surface area contributed by atoms with E-state index in [1.165, 1.54) is 12.1 Å². The van der Waals surface area contributed by atoms with E-state index in [1.807, 2.05) is 24.3 Å². The molecule has 0 aliphatic rings. The van der Waals surface area contributed by atoms with Crippen molar-refractivity contribution in [3.05, 3.63) is 72.9 Å². The Morgan fingerprint density at radius 3 is 2.81 bits per heavy atom. The maximum Gasteiger partial charge on any atom is 0.224 e. The summed E-state index contributed by atoms with van der Waals surface area (Å²) < 4.78 is 13.8. The lowest BCUT2D eigenvalue weighted by Gasteiger charge is -2.06. The van der Waals surface area contributed by atoms with Gasteiger partial charge in [0.2, 0.25) is 5.91 Å². The molecule has 0 aliphatic heterocycles. The number of hydrogen-bond acceptors (Lipinski definition) is 6. The molecule has 0 saturated heterocycles. The van der Waals surface area contributed by atoms with Crippen molar-refractivity contribution in [2.24, 2.45) is 0 Å². The lowest BCUT2D eigenvalue weighted by Crippen LogP contribution is -2.09. The minimum atomic E-state index is -0.323. The first-order valence-electron chi connectivity index (χ1n) is 11.3. The molecule has 0 bridgehead atoms. The standard InChI is InChI=1S/C26H19FN8O/c1-2-21(36)30-17-11-15(12-28-13-17)19-6-7-20-23(31-19)24(35-34-20)26-32-22-18(8-9-29-25(22)33-26)14-4-3-5-16(27)10-14/h3-13H,2H2,1H3,(H,30,36)(H,34,35)(H,29,32,33). The highest BCUT2D eigenvalue weighted by molar-refractivity contribution is 5.95. The van der Waals surface area contributed by atoms with E-state index in [4.69, 9.17) is 9.97 Å². The Morgan fingerprint density at radius 2 is 1.94 bits per heavy atom. The van der Waals surface area contributed by atoms with Crippen LogP contribution in [0.15, 0.2) is 67.1 Å². The number of nitrogens with one attached hydrogen (secondary N) is 3. The third kappa shape index (κ3) is 3.84. The number of carbonyl (C=O) groups excluding carboxylic acids is 1. The first-order valence-corrected chi connectivity index (χ1v) is 11.3. The van der Waals surface area contributed by atoms with Gasteiger partial charge in [0.1, 0.15) is 16.9 Å². The first kappa shape index (κ1) is 21.5. The molecule has 0 fully saturated rings. The number of carbonyl (C=O) groups is 1. The Balaban J connectivity index is 1.43. The van der Waals surface area contributed by atoms with E-state index in [1.54, 1.807) is 37.6 Å². The van der Waals surface area contributed by atoms with E-state index >= 15 is 0 Å². The SMILES string of the molecule is CCC(=O)Nc1cncc(-c2ccc3[nH]nc(-c4nc5c(-c6cccc(F)c6)ccnc5[nH]4)c3n2)c1. The van der Waals surface area contributed by atoms with Crippen LogP contribution < -0.4 is 5.32 Å². The van der Waals surface area contributed by atoms with Crippen LogP contribution in [0.25, 0.3) is 56.1 Å². The third-order valence-corrected chi connectivity index (χ3v) is 5.79. The molecule has 0 saturated carbocycles. The summed E-state index contributed by atoms with van der Waals surface area (Å²) in [5.74, 6) is 0.0704. The van der Waals surface area contributed by atoms with Gasteiger partial charge in [0.15, 0.2) is 17.2 Å². The van der Waals surface area contributed by atoms with E-state index in [9.17, 15) is 9.18 Å². The van der Waals surface area contributed by atoms with Crippen molar-refractivity contribution in [2.75, 3.05) is 5.32 Å². The minimum absolute atomic E-state index is 0.0920. The number of aromatic amines is 2. The number of H-pyrrole nitrogens is 2. The maximum absolute atomic E-state index is 13.8. The fourth-order valence-electron chi connectivity index (χ4n) is 4.03. The number of anilines is 1. The van der Waals surface area contributed by atoms with Gasteiger partial charge < -0.3 is 10.3 Å². The predicted octanol–water partition coefficient (Wildman–Crippen LogP) is 5.11. The number of imidazole rings is 1. The molecular formula is C26H19FN8O. The number of fused-ring (bicyclic) bond motifs is 2. The summed E-state index contributed by atoms with van der Waals surface area (Å²) in [6, 6.07) is 13.7. The summed E-state index contributed by atoms with van der Waals surface area (Å²) in [7, 11) is 0. The van der Waals surface area contributed by atoms with Gasteiger partial charge in [-0.15, -0.1) is 0 Å². The number of nitrogens with zero attached hydrogens (tertiary/aromatic N) is 5. The Kier molecular flexibility index (Phi) is 5.18. The van der Waals surface area contributed by atoms with E-state index in [0.717, 1.165) is 16.6 Å². The molecule has 5 heterocycles. The molecule has 0 radical (unpaired) electrons. The van der Waals surface area contributed by atoms with E-state index in [-0.39, 0.29) is 11.7 Å². The number of halogens is 1. The summed E-state index contributed by atoms with van der Waals surface area (Å²) >= 11 is 0. The summed E-state index contributed by atoms with van der Waals surface area (Å²) in [4.78, 5) is 33.2. The Morgan fingerprint density at radius 1 is 1.03 bits per heavy atom. The van der Waals surface area contributed by atoms with E-state index < -0.39 is 0 Å². The fraction of sp³-hybridized carbons (Fsp3) is 0.0769. The number of rotatable bonds is 5. The van der Waals surface area contributed by atoms with Gasteiger partial charge in [-0.3, -0.25) is 14.9 Å². The number of aromatic nitrogens is 7. The van der Waals surface area contributed by atoms with Crippen LogP contribution in [0, 0.1) is 5.82 Å². The van der Waals surface area contributed by atoms with E-state index in [0.29, 0.717) is 51.6 Å². The van der Waals surface area contributed by atoms with Gasteiger partial charge >= 0.3 is 0 Å². The van der Waals surface area contributed by atoms with Crippen LogP contribution in [0.4, 0.5) is 10.1 Å². The lowest BCUT2D eigenvalue weighted by molar-refractivity contribution is -0.115. The second-order valence-electron chi connectivity index (χ2n) is 8.18. The van der Waals surface area contributed by atoms with E-state index in [2.05, 4.69) is 30.5 Å². The highest BCUT2D eigenvalue weighted by atomic mass is 19.1. The van der Waals surface area contributed by atoms with Crippen LogP contribution in [0.3, 0.4) is 0 Å². The first-order chi connectivity index (χ1) is 17.6. The molecule has 10 heteroatoms. The minimum Gasteiger partial charge on any atom is -0.325 e. The molecular weight excluding hydrogens is 459 g/mol. The molecule has 6 aromatic rings. The Hall–Kier alpha value is -4.99. The molecule has 0 spiro atoms. The van der Waals surface area contributed by atoms with Gasteiger partial charge in [0, 0.05) is 29.9 Å². The van der Waals surface area contributed by atoms with Crippen LogP contribution in [-0.2, 0) is 4.79 Å². The van der Waals surface area contributed by atoms with Gasteiger partial charge in [-0.2, -0.15) is 5.10 Å². The van der Waals surface area contributed by atoms with Crippen LogP contribution in [0.2, 0.25) is 0 Å². The number of hydrogen-bond donors (Lipinski definition) is 3. The summed E-state index contributed by atoms with van der Waals surface area (Å²) in [6.45, 7) is 1.79. The lowest BCUT2D eigenvalue weighted by atomic mass is 10.1. The number of pyridine rings is 3. The summed E-state index contributed by atoms with van der Waals surface area (Å²) in [6.07, 6.45) is 5.31.